The van der Waals surface area contributed by atoms with E-state index in [1.54, 1.807) is 0 Å². The molecule has 0 spiro atoms. The molecule has 18 heavy (non-hydrogen) atoms. The Morgan fingerprint density at radius 1 is 1.33 bits per heavy atom. The molecular formula is C8H3ClF5NO3. The van der Waals surface area contributed by atoms with Crippen LogP contribution in [0, 0.1) is 10.1 Å². The van der Waals surface area contributed by atoms with E-state index in [-0.39, 0.29) is 6.07 Å². The highest BCUT2D eigenvalue weighted by molar-refractivity contribution is 6.31. The molecule has 0 unspecified atom stereocenters. The van der Waals surface area contributed by atoms with Gasteiger partial charge in [-0.05, 0) is 0 Å². The Morgan fingerprint density at radius 2 is 1.89 bits per heavy atom. The molecule has 4 nitrogen and oxygen atoms in total. The molecule has 0 bridgehead atoms. The second-order valence-corrected chi connectivity index (χ2v) is 3.34. The summed E-state index contributed by atoms with van der Waals surface area (Å²) in [6.07, 6.45) is -4.94. The number of ether oxygens (including phenoxy) is 1. The van der Waals surface area contributed by atoms with Gasteiger partial charge in [0, 0.05) is 12.1 Å². The average Bonchev–Trinajstić information content (AvgIpc) is 2.17. The van der Waals surface area contributed by atoms with Gasteiger partial charge in [-0.25, -0.2) is 0 Å². The number of benzene rings is 1. The predicted molar refractivity (Wildman–Crippen MR) is 49.7 cm³/mol. The van der Waals surface area contributed by atoms with Crippen molar-refractivity contribution < 1.29 is 31.6 Å². The summed E-state index contributed by atoms with van der Waals surface area (Å²) in [6.45, 7) is -3.49. The van der Waals surface area contributed by atoms with Gasteiger partial charge in [0.05, 0.1) is 15.5 Å². The van der Waals surface area contributed by atoms with E-state index in [1.165, 1.54) is 0 Å². The van der Waals surface area contributed by atoms with Crippen LogP contribution in [-0.2, 0) is 6.18 Å². The number of rotatable bonds is 3. The van der Waals surface area contributed by atoms with Crippen molar-refractivity contribution >= 4 is 17.3 Å². The van der Waals surface area contributed by atoms with Crippen LogP contribution in [0.4, 0.5) is 27.6 Å². The van der Waals surface area contributed by atoms with Crippen LogP contribution in [0.5, 0.6) is 5.75 Å². The third-order valence-electron chi connectivity index (χ3n) is 1.77. The summed E-state index contributed by atoms with van der Waals surface area (Å²) in [5.74, 6) is -1.20. The molecule has 0 aliphatic rings. The predicted octanol–water partition coefficient (Wildman–Crippen LogP) is 3.87. The minimum Gasteiger partial charge on any atom is -0.427 e. The lowest BCUT2D eigenvalue weighted by atomic mass is 10.2. The minimum absolute atomic E-state index is 0.0621. The number of nitro benzene ring substituents is 1. The van der Waals surface area contributed by atoms with Gasteiger partial charge in [-0.15, -0.1) is 0 Å². The first-order valence-electron chi connectivity index (χ1n) is 4.13. The third kappa shape index (κ3) is 3.19. The van der Waals surface area contributed by atoms with Crippen LogP contribution >= 0.6 is 11.6 Å². The highest BCUT2D eigenvalue weighted by Gasteiger charge is 2.36. The van der Waals surface area contributed by atoms with Gasteiger partial charge in [0.25, 0.3) is 0 Å². The van der Waals surface area contributed by atoms with Gasteiger partial charge in [0.15, 0.2) is 0 Å². The second-order valence-electron chi connectivity index (χ2n) is 2.93. The molecule has 0 aliphatic carbocycles. The van der Waals surface area contributed by atoms with Crippen molar-refractivity contribution in [1.29, 1.82) is 0 Å². The average molecular weight is 292 g/mol. The Labute approximate surface area is 101 Å². The zero-order valence-electron chi connectivity index (χ0n) is 8.17. The molecule has 0 aromatic heterocycles. The molecular weight excluding hydrogens is 289 g/mol. The summed E-state index contributed by atoms with van der Waals surface area (Å²) in [4.78, 5) is 9.28. The normalized spacial score (nSPS) is 11.7. The Bertz CT molecular complexity index is 477. The fourth-order valence-electron chi connectivity index (χ4n) is 1.09. The van der Waals surface area contributed by atoms with E-state index >= 15 is 0 Å². The molecule has 0 amide bonds. The van der Waals surface area contributed by atoms with Gasteiger partial charge >= 0.3 is 18.5 Å². The lowest BCUT2D eigenvalue weighted by Gasteiger charge is -2.11. The van der Waals surface area contributed by atoms with Gasteiger partial charge < -0.3 is 4.74 Å². The fourth-order valence-corrected chi connectivity index (χ4v) is 1.36. The molecule has 1 rings (SSSR count). The molecule has 100 valence electrons. The van der Waals surface area contributed by atoms with Gasteiger partial charge in [-0.2, -0.15) is 22.0 Å². The summed E-state index contributed by atoms with van der Waals surface area (Å²) in [7, 11) is 0. The Hall–Kier alpha value is -1.64. The van der Waals surface area contributed by atoms with E-state index < -0.39 is 39.7 Å². The van der Waals surface area contributed by atoms with Gasteiger partial charge in [-0.3, -0.25) is 10.1 Å². The van der Waals surface area contributed by atoms with Crippen molar-refractivity contribution in [3.63, 3.8) is 0 Å². The smallest absolute Gasteiger partial charge is 0.417 e. The lowest BCUT2D eigenvalue weighted by molar-refractivity contribution is -0.386. The first-order chi connectivity index (χ1) is 8.12. The van der Waals surface area contributed by atoms with Crippen molar-refractivity contribution in [2.24, 2.45) is 0 Å². The number of nitro groups is 1. The Balaban J connectivity index is 3.40. The van der Waals surface area contributed by atoms with Gasteiger partial charge in [-0.1, -0.05) is 11.6 Å². The molecule has 1 aromatic carbocycles. The van der Waals surface area contributed by atoms with E-state index in [1.807, 2.05) is 0 Å². The van der Waals surface area contributed by atoms with Crippen LogP contribution in [0.25, 0.3) is 0 Å². The maximum absolute atomic E-state index is 12.4. The van der Waals surface area contributed by atoms with Crippen LogP contribution in [-0.4, -0.2) is 11.5 Å². The van der Waals surface area contributed by atoms with Crippen molar-refractivity contribution in [1.82, 2.24) is 0 Å². The zero-order valence-corrected chi connectivity index (χ0v) is 8.93. The highest BCUT2D eigenvalue weighted by Crippen LogP contribution is 2.41. The van der Waals surface area contributed by atoms with Crippen LogP contribution in [0.2, 0.25) is 5.02 Å². The summed E-state index contributed by atoms with van der Waals surface area (Å²) in [5, 5.41) is 9.48. The minimum atomic E-state index is -4.94. The van der Waals surface area contributed by atoms with E-state index in [0.717, 1.165) is 0 Å². The molecule has 0 radical (unpaired) electrons. The molecule has 0 fully saturated rings. The molecule has 1 aromatic rings. The van der Waals surface area contributed by atoms with Crippen LogP contribution < -0.4 is 4.74 Å². The van der Waals surface area contributed by atoms with Crippen molar-refractivity contribution in [2.45, 2.75) is 12.8 Å². The lowest BCUT2D eigenvalue weighted by Crippen LogP contribution is -2.10. The van der Waals surface area contributed by atoms with Crippen molar-refractivity contribution in [3.05, 3.63) is 32.8 Å². The van der Waals surface area contributed by atoms with E-state index in [2.05, 4.69) is 4.74 Å². The molecule has 0 atom stereocenters. The number of hydrogen-bond acceptors (Lipinski definition) is 3. The monoisotopic (exact) mass is 291 g/mol. The number of nitrogens with zero attached hydrogens (tertiary/aromatic N) is 1. The molecule has 0 saturated heterocycles. The topological polar surface area (TPSA) is 52.4 Å². The number of alkyl halides is 5. The highest BCUT2D eigenvalue weighted by atomic mass is 35.5. The summed E-state index contributed by atoms with van der Waals surface area (Å²) in [6, 6.07) is 0.370. The number of halogens is 6. The quantitative estimate of drug-likeness (QED) is 0.482. The standard InChI is InChI=1S/C8H3ClF5NO3/c9-4-2-5(15(16)17)6(18-7(10)11)1-3(4)8(12,13)14/h1-2,7H. The summed E-state index contributed by atoms with van der Waals surface area (Å²) >= 11 is 5.20. The van der Waals surface area contributed by atoms with E-state index in [0.29, 0.717) is 6.07 Å². The summed E-state index contributed by atoms with van der Waals surface area (Å²) in [5.41, 5.74) is -2.57. The zero-order chi connectivity index (χ0) is 14.1. The Morgan fingerprint density at radius 3 is 2.28 bits per heavy atom. The van der Waals surface area contributed by atoms with Crippen LogP contribution in [0.3, 0.4) is 0 Å². The van der Waals surface area contributed by atoms with Gasteiger partial charge in [0.2, 0.25) is 5.75 Å². The van der Waals surface area contributed by atoms with Crippen LogP contribution in [0.15, 0.2) is 12.1 Å². The molecule has 0 N–H and O–H groups in total. The first kappa shape index (κ1) is 14.4. The molecule has 0 saturated carbocycles. The maximum Gasteiger partial charge on any atom is 0.417 e. The van der Waals surface area contributed by atoms with Crippen molar-refractivity contribution in [2.75, 3.05) is 0 Å². The molecule has 10 heteroatoms. The van der Waals surface area contributed by atoms with E-state index in [4.69, 9.17) is 11.6 Å². The largest absolute Gasteiger partial charge is 0.427 e. The van der Waals surface area contributed by atoms with E-state index in [9.17, 15) is 32.1 Å². The number of hydrogen-bond donors (Lipinski definition) is 0. The second kappa shape index (κ2) is 4.92. The maximum atomic E-state index is 12.4. The SMILES string of the molecule is O=[N+]([O-])c1cc(Cl)c(C(F)(F)F)cc1OC(F)F. The Kier molecular flexibility index (Phi) is 3.95. The summed E-state index contributed by atoms with van der Waals surface area (Å²) < 4.78 is 64.7. The van der Waals surface area contributed by atoms with Gasteiger partial charge in [0.1, 0.15) is 0 Å². The first-order valence-corrected chi connectivity index (χ1v) is 4.50. The van der Waals surface area contributed by atoms with Crippen LogP contribution in [0.1, 0.15) is 5.56 Å². The fraction of sp³-hybridized carbons (Fsp3) is 0.250. The van der Waals surface area contributed by atoms with Crippen molar-refractivity contribution in [3.8, 4) is 5.75 Å². The molecule has 0 aliphatic heterocycles. The third-order valence-corrected chi connectivity index (χ3v) is 2.08. The molecule has 0 heterocycles.